The Labute approximate surface area is 298 Å². The molecule has 0 aliphatic carbocycles. The Morgan fingerprint density at radius 3 is 1.23 bits per heavy atom. The molecule has 1 N–H and O–H groups in total. The van der Waals surface area contributed by atoms with Crippen LogP contribution in [-0.2, 0) is 14.4 Å². The van der Waals surface area contributed by atoms with Gasteiger partial charge in [0, 0.05) is 19.4 Å². The predicted molar refractivity (Wildman–Crippen MR) is 207 cm³/mol. The van der Waals surface area contributed by atoms with Crippen LogP contribution >= 0.6 is 0 Å². The van der Waals surface area contributed by atoms with Crippen LogP contribution in [0, 0.1) is 11.3 Å². The molecule has 2 atom stereocenters. The molecule has 0 aliphatic rings. The van der Waals surface area contributed by atoms with E-state index in [1.165, 1.54) is 103 Å². The summed E-state index contributed by atoms with van der Waals surface area (Å²) in [5, 5.41) is 10.3. The lowest BCUT2D eigenvalue weighted by Gasteiger charge is -2.33. The fourth-order valence-corrected chi connectivity index (χ4v) is 6.59. The van der Waals surface area contributed by atoms with Gasteiger partial charge in [-0.3, -0.25) is 14.4 Å². The number of carboxylic acid groups (broad SMARTS) is 1. The van der Waals surface area contributed by atoms with E-state index in [2.05, 4.69) is 38.2 Å². The van der Waals surface area contributed by atoms with Gasteiger partial charge in [-0.1, -0.05) is 141 Å². The summed E-state index contributed by atoms with van der Waals surface area (Å²) >= 11 is 0. The third-order valence-corrected chi connectivity index (χ3v) is 10.0. The maximum Gasteiger partial charge on any atom is 0.317 e. The SMILES string of the molecule is CCCCCCCC/C=C\CCCCCCCC(=O)C(CN(C)C)C(C)(C(=O)O)C(=O)CCCCCCC/C=C\CCCCCCCC. The van der Waals surface area contributed by atoms with Crippen molar-refractivity contribution in [3.8, 4) is 0 Å². The molecular weight excluding hydrogens is 594 g/mol. The maximum absolute atomic E-state index is 13.4. The van der Waals surface area contributed by atoms with Gasteiger partial charge in [-0.25, -0.2) is 0 Å². The van der Waals surface area contributed by atoms with Crippen LogP contribution in [0.15, 0.2) is 24.3 Å². The summed E-state index contributed by atoms with van der Waals surface area (Å²) in [6, 6.07) is 0. The number of aliphatic carboxylic acids is 1. The highest BCUT2D eigenvalue weighted by atomic mass is 16.4. The van der Waals surface area contributed by atoms with Gasteiger partial charge in [0.2, 0.25) is 0 Å². The summed E-state index contributed by atoms with van der Waals surface area (Å²) in [4.78, 5) is 41.2. The van der Waals surface area contributed by atoms with Crippen molar-refractivity contribution in [2.75, 3.05) is 20.6 Å². The number of ketones is 2. The van der Waals surface area contributed by atoms with Crippen LogP contribution in [0.1, 0.15) is 201 Å². The van der Waals surface area contributed by atoms with E-state index in [0.29, 0.717) is 12.8 Å². The Bertz CT molecular complexity index is 848. The molecule has 0 amide bonds. The van der Waals surface area contributed by atoms with Gasteiger partial charge in [0.05, 0.1) is 5.92 Å². The van der Waals surface area contributed by atoms with Crippen LogP contribution in [0.2, 0.25) is 0 Å². The number of carbonyl (C=O) groups excluding carboxylic acids is 2. The van der Waals surface area contributed by atoms with Gasteiger partial charge in [-0.15, -0.1) is 0 Å². The van der Waals surface area contributed by atoms with E-state index in [0.717, 1.165) is 64.2 Å². The summed E-state index contributed by atoms with van der Waals surface area (Å²) < 4.78 is 0. The molecule has 0 saturated heterocycles. The minimum Gasteiger partial charge on any atom is -0.480 e. The zero-order valence-corrected chi connectivity index (χ0v) is 32.5. The van der Waals surface area contributed by atoms with E-state index in [1.54, 1.807) is 0 Å². The molecule has 2 unspecified atom stereocenters. The first kappa shape index (κ1) is 46.2. The zero-order valence-electron chi connectivity index (χ0n) is 32.5. The molecule has 0 bridgehead atoms. The van der Waals surface area contributed by atoms with E-state index < -0.39 is 17.3 Å². The summed E-state index contributed by atoms with van der Waals surface area (Å²) in [6.45, 7) is 6.29. The minimum atomic E-state index is -1.68. The minimum absolute atomic E-state index is 0.0795. The number of hydrogen-bond acceptors (Lipinski definition) is 4. The number of hydrogen-bond donors (Lipinski definition) is 1. The number of allylic oxidation sites excluding steroid dienone is 4. The highest BCUT2D eigenvalue weighted by Crippen LogP contribution is 2.34. The summed E-state index contributed by atoms with van der Waals surface area (Å²) in [7, 11) is 3.69. The fraction of sp³-hybridized carbons (Fsp3) is 0.837. The molecule has 0 spiro atoms. The largest absolute Gasteiger partial charge is 0.480 e. The number of rotatable bonds is 36. The molecule has 5 nitrogen and oxygen atoms in total. The number of carbonyl (C=O) groups is 3. The first-order valence-corrected chi connectivity index (χ1v) is 20.5. The second-order valence-corrected chi connectivity index (χ2v) is 14.9. The Morgan fingerprint density at radius 2 is 0.875 bits per heavy atom. The van der Waals surface area contributed by atoms with E-state index in [9.17, 15) is 19.5 Å². The lowest BCUT2D eigenvalue weighted by atomic mass is 9.69. The molecule has 0 aromatic rings. The summed E-state index contributed by atoms with van der Waals surface area (Å²) in [5.74, 6) is -2.36. The second-order valence-electron chi connectivity index (χ2n) is 14.9. The molecular formula is C43H79NO4. The van der Waals surface area contributed by atoms with Crippen molar-refractivity contribution < 1.29 is 19.5 Å². The first-order valence-electron chi connectivity index (χ1n) is 20.5. The van der Waals surface area contributed by atoms with Crippen LogP contribution in [0.4, 0.5) is 0 Å². The Balaban J connectivity index is 4.39. The topological polar surface area (TPSA) is 74.7 Å². The zero-order chi connectivity index (χ0) is 35.7. The number of Topliss-reactive ketones (excluding diaryl/α,β-unsaturated/α-hetero) is 2. The molecule has 280 valence electrons. The average Bonchev–Trinajstić information content (AvgIpc) is 3.06. The molecule has 5 heteroatoms. The molecule has 48 heavy (non-hydrogen) atoms. The van der Waals surface area contributed by atoms with Gasteiger partial charge in [0.15, 0.2) is 5.78 Å². The summed E-state index contributed by atoms with van der Waals surface area (Å²) in [5.41, 5.74) is -1.68. The van der Waals surface area contributed by atoms with Crippen molar-refractivity contribution in [2.45, 2.75) is 201 Å². The smallest absolute Gasteiger partial charge is 0.317 e. The maximum atomic E-state index is 13.4. The molecule has 0 saturated carbocycles. The van der Waals surface area contributed by atoms with Crippen molar-refractivity contribution in [1.29, 1.82) is 0 Å². The Morgan fingerprint density at radius 1 is 0.542 bits per heavy atom. The highest BCUT2D eigenvalue weighted by molar-refractivity contribution is 6.07. The normalized spacial score (nSPS) is 13.9. The van der Waals surface area contributed by atoms with Gasteiger partial charge in [-0.05, 0) is 85.2 Å². The van der Waals surface area contributed by atoms with Gasteiger partial charge >= 0.3 is 5.97 Å². The molecule has 0 heterocycles. The van der Waals surface area contributed by atoms with Gasteiger partial charge in [-0.2, -0.15) is 0 Å². The van der Waals surface area contributed by atoms with Crippen LogP contribution in [-0.4, -0.2) is 48.2 Å². The third kappa shape index (κ3) is 24.4. The van der Waals surface area contributed by atoms with Gasteiger partial charge in [0.25, 0.3) is 0 Å². The highest BCUT2D eigenvalue weighted by Gasteiger charge is 2.50. The average molecular weight is 674 g/mol. The van der Waals surface area contributed by atoms with Crippen LogP contribution < -0.4 is 0 Å². The molecule has 0 radical (unpaired) electrons. The van der Waals surface area contributed by atoms with Gasteiger partial charge in [0.1, 0.15) is 11.2 Å². The lowest BCUT2D eigenvalue weighted by molar-refractivity contribution is -0.161. The Hall–Kier alpha value is -1.75. The molecule has 0 aromatic heterocycles. The van der Waals surface area contributed by atoms with Crippen molar-refractivity contribution in [2.24, 2.45) is 11.3 Å². The van der Waals surface area contributed by atoms with Crippen LogP contribution in [0.3, 0.4) is 0 Å². The van der Waals surface area contributed by atoms with E-state index in [4.69, 9.17) is 0 Å². The van der Waals surface area contributed by atoms with E-state index >= 15 is 0 Å². The summed E-state index contributed by atoms with van der Waals surface area (Å²) in [6.07, 6.45) is 40.6. The molecule has 0 aromatic carbocycles. The second kappa shape index (κ2) is 32.5. The number of nitrogens with zero attached hydrogens (tertiary/aromatic N) is 1. The Kier molecular flexibility index (Phi) is 31.3. The van der Waals surface area contributed by atoms with E-state index in [-0.39, 0.29) is 24.5 Å². The number of carboxylic acids is 1. The monoisotopic (exact) mass is 674 g/mol. The van der Waals surface area contributed by atoms with Crippen LogP contribution in [0.25, 0.3) is 0 Å². The quantitative estimate of drug-likeness (QED) is 0.0407. The van der Waals surface area contributed by atoms with E-state index in [1.807, 2.05) is 19.0 Å². The van der Waals surface area contributed by atoms with Crippen molar-refractivity contribution in [3.63, 3.8) is 0 Å². The van der Waals surface area contributed by atoms with Crippen molar-refractivity contribution >= 4 is 17.5 Å². The van der Waals surface area contributed by atoms with Crippen LogP contribution in [0.5, 0.6) is 0 Å². The standard InChI is InChI=1S/C43H79NO4/c1-6-8-10-12-14-16-18-20-22-24-26-28-30-32-34-36-40(45)39(38-44(4)5)43(3,42(47)48)41(46)37-35-33-31-29-27-25-23-21-19-17-15-13-11-9-7-2/h20-23,39H,6-19,24-38H2,1-5H3,(H,47,48)/b22-20-,23-21-. The van der Waals surface area contributed by atoms with Crippen molar-refractivity contribution in [1.82, 2.24) is 4.90 Å². The fourth-order valence-electron chi connectivity index (χ4n) is 6.59. The number of unbranched alkanes of at least 4 members (excludes halogenated alkanes) is 22. The molecule has 0 aliphatic heterocycles. The molecule has 0 rings (SSSR count). The molecule has 0 fully saturated rings. The predicted octanol–water partition coefficient (Wildman–Crippen LogP) is 12.5. The first-order chi connectivity index (χ1) is 23.2. The van der Waals surface area contributed by atoms with Gasteiger partial charge < -0.3 is 10.0 Å². The van der Waals surface area contributed by atoms with Crippen molar-refractivity contribution in [3.05, 3.63) is 24.3 Å². The lowest BCUT2D eigenvalue weighted by Crippen LogP contribution is -2.50. The third-order valence-electron chi connectivity index (χ3n) is 10.0.